The lowest BCUT2D eigenvalue weighted by Crippen LogP contribution is -2.08. The van der Waals surface area contributed by atoms with Gasteiger partial charge >= 0.3 is 0 Å². The number of nitriles is 2. The minimum absolute atomic E-state index is 0.657. The molecule has 0 amide bonds. The van der Waals surface area contributed by atoms with E-state index in [1.807, 2.05) is 19.1 Å². The van der Waals surface area contributed by atoms with Crippen LogP contribution in [0.1, 0.15) is 13.3 Å². The zero-order valence-electron chi connectivity index (χ0n) is 6.13. The van der Waals surface area contributed by atoms with E-state index < -0.39 is 5.92 Å². The molecule has 0 spiro atoms. The average Bonchev–Trinajstić information content (AvgIpc) is 2.00. The van der Waals surface area contributed by atoms with Gasteiger partial charge in [-0.05, 0) is 6.42 Å². The van der Waals surface area contributed by atoms with E-state index in [-0.39, 0.29) is 0 Å². The molecule has 0 N–H and O–H groups in total. The van der Waals surface area contributed by atoms with Crippen molar-refractivity contribution in [3.63, 3.8) is 0 Å². The number of hydrogen-bond donors (Lipinski definition) is 0. The second-order valence-corrected chi connectivity index (χ2v) is 1.76. The summed E-state index contributed by atoms with van der Waals surface area (Å²) in [5, 5.41) is 16.8. The smallest absolute Gasteiger partial charge is 0.170 e. The monoisotopic (exact) mass is 135 g/mol. The summed E-state index contributed by atoms with van der Waals surface area (Å²) in [4.78, 5) is 3.82. The first-order valence-corrected chi connectivity index (χ1v) is 3.04. The Morgan fingerprint density at radius 3 is 2.10 bits per heavy atom. The molecule has 10 heavy (non-hydrogen) atoms. The first-order valence-electron chi connectivity index (χ1n) is 3.04. The van der Waals surface area contributed by atoms with Gasteiger partial charge in [0.2, 0.25) is 0 Å². The fourth-order valence-corrected chi connectivity index (χ4v) is 0.669. The summed E-state index contributed by atoms with van der Waals surface area (Å²) < 4.78 is 0. The molecule has 0 unspecified atom stereocenters. The number of aliphatic imine (C=N–C) groups is 1. The summed E-state index contributed by atoms with van der Waals surface area (Å²) in [5.74, 6) is -0.657. The fraction of sp³-hybridized carbons (Fsp3) is 0.571. The highest BCUT2D eigenvalue weighted by Crippen LogP contribution is 1.99. The highest BCUT2D eigenvalue weighted by atomic mass is 14.7. The van der Waals surface area contributed by atoms with Crippen LogP contribution < -0.4 is 0 Å². The molecule has 0 fully saturated rings. The SMILES string of the molecule is CCC(=NC)C(C#N)C#N. The third kappa shape index (κ3) is 1.87. The number of hydrogen-bond acceptors (Lipinski definition) is 3. The minimum Gasteiger partial charge on any atom is -0.295 e. The van der Waals surface area contributed by atoms with E-state index in [9.17, 15) is 0 Å². The van der Waals surface area contributed by atoms with Gasteiger partial charge in [-0.25, -0.2) is 0 Å². The van der Waals surface area contributed by atoms with Crippen molar-refractivity contribution >= 4 is 5.71 Å². The molecule has 52 valence electrons. The predicted molar refractivity (Wildman–Crippen MR) is 38.4 cm³/mol. The van der Waals surface area contributed by atoms with E-state index in [1.54, 1.807) is 7.05 Å². The van der Waals surface area contributed by atoms with Crippen LogP contribution in [0.5, 0.6) is 0 Å². The third-order valence-electron chi connectivity index (χ3n) is 1.24. The van der Waals surface area contributed by atoms with Crippen molar-refractivity contribution in [3.8, 4) is 12.1 Å². The molecule has 0 aromatic carbocycles. The molecule has 3 heteroatoms. The van der Waals surface area contributed by atoms with Crippen molar-refractivity contribution in [1.29, 1.82) is 10.5 Å². The second kappa shape index (κ2) is 4.52. The van der Waals surface area contributed by atoms with Gasteiger partial charge < -0.3 is 0 Å². The van der Waals surface area contributed by atoms with Gasteiger partial charge in [0.05, 0.1) is 12.1 Å². The lowest BCUT2D eigenvalue weighted by molar-refractivity contribution is 1.06. The van der Waals surface area contributed by atoms with Crippen molar-refractivity contribution in [2.45, 2.75) is 13.3 Å². The summed E-state index contributed by atoms with van der Waals surface area (Å²) >= 11 is 0. The lowest BCUT2D eigenvalue weighted by Gasteiger charge is -1.98. The summed E-state index contributed by atoms with van der Waals surface area (Å²) in [6.07, 6.45) is 0.669. The standard InChI is InChI=1S/C7H9N3/c1-3-7(10-2)6(4-8)5-9/h6H,3H2,1-2H3. The van der Waals surface area contributed by atoms with Crippen molar-refractivity contribution in [1.82, 2.24) is 0 Å². The molecule has 0 atom stereocenters. The second-order valence-electron chi connectivity index (χ2n) is 1.76. The van der Waals surface area contributed by atoms with Crippen molar-refractivity contribution in [3.05, 3.63) is 0 Å². The van der Waals surface area contributed by atoms with Gasteiger partial charge in [-0.3, -0.25) is 4.99 Å². The Balaban J connectivity index is 4.34. The van der Waals surface area contributed by atoms with Crippen LogP contribution in [-0.4, -0.2) is 12.8 Å². The van der Waals surface area contributed by atoms with Gasteiger partial charge in [0.1, 0.15) is 0 Å². The molecule has 0 aliphatic heterocycles. The molecule has 0 aromatic rings. The maximum absolute atomic E-state index is 8.41. The molecule has 0 heterocycles. The highest BCUT2D eigenvalue weighted by Gasteiger charge is 2.10. The van der Waals surface area contributed by atoms with Crippen molar-refractivity contribution in [2.75, 3.05) is 7.05 Å². The Bertz CT molecular complexity index is 190. The molecule has 0 bridgehead atoms. The van der Waals surface area contributed by atoms with Crippen LogP contribution in [0, 0.1) is 28.6 Å². The molecule has 0 saturated carbocycles. The molecule has 3 nitrogen and oxygen atoms in total. The molecular weight excluding hydrogens is 126 g/mol. The number of rotatable bonds is 2. The number of nitrogens with zero attached hydrogens (tertiary/aromatic N) is 3. The third-order valence-corrected chi connectivity index (χ3v) is 1.24. The van der Waals surface area contributed by atoms with E-state index >= 15 is 0 Å². The first kappa shape index (κ1) is 8.65. The van der Waals surface area contributed by atoms with Crippen LogP contribution in [0.4, 0.5) is 0 Å². The van der Waals surface area contributed by atoms with E-state index in [0.717, 1.165) is 0 Å². The van der Waals surface area contributed by atoms with Gasteiger partial charge in [-0.2, -0.15) is 10.5 Å². The minimum atomic E-state index is -0.657. The Morgan fingerprint density at radius 1 is 1.50 bits per heavy atom. The van der Waals surface area contributed by atoms with Crippen LogP contribution in [0.3, 0.4) is 0 Å². The van der Waals surface area contributed by atoms with E-state index in [1.165, 1.54) is 0 Å². The summed E-state index contributed by atoms with van der Waals surface area (Å²) in [6.45, 7) is 1.88. The summed E-state index contributed by atoms with van der Waals surface area (Å²) in [5.41, 5.74) is 0.657. The van der Waals surface area contributed by atoms with Crippen LogP contribution >= 0.6 is 0 Å². The lowest BCUT2D eigenvalue weighted by atomic mass is 10.1. The highest BCUT2D eigenvalue weighted by molar-refractivity contribution is 5.90. The maximum Gasteiger partial charge on any atom is 0.170 e. The quantitative estimate of drug-likeness (QED) is 0.533. The van der Waals surface area contributed by atoms with Crippen LogP contribution in [0.15, 0.2) is 4.99 Å². The zero-order valence-corrected chi connectivity index (χ0v) is 6.13. The Labute approximate surface area is 60.6 Å². The van der Waals surface area contributed by atoms with E-state index in [2.05, 4.69) is 4.99 Å². The molecule has 0 radical (unpaired) electrons. The Kier molecular flexibility index (Phi) is 3.91. The summed E-state index contributed by atoms with van der Waals surface area (Å²) in [6, 6.07) is 3.72. The van der Waals surface area contributed by atoms with Crippen molar-refractivity contribution in [2.24, 2.45) is 10.9 Å². The predicted octanol–water partition coefficient (Wildman–Crippen LogP) is 1.13. The van der Waals surface area contributed by atoms with E-state index in [4.69, 9.17) is 10.5 Å². The molecule has 0 aliphatic rings. The topological polar surface area (TPSA) is 59.9 Å². The Morgan fingerprint density at radius 2 is 2.00 bits per heavy atom. The zero-order chi connectivity index (χ0) is 7.98. The van der Waals surface area contributed by atoms with E-state index in [0.29, 0.717) is 12.1 Å². The van der Waals surface area contributed by atoms with Crippen LogP contribution in [-0.2, 0) is 0 Å². The van der Waals surface area contributed by atoms with Crippen LogP contribution in [0.2, 0.25) is 0 Å². The van der Waals surface area contributed by atoms with Gasteiger partial charge in [-0.15, -0.1) is 0 Å². The largest absolute Gasteiger partial charge is 0.295 e. The first-order chi connectivity index (χ1) is 4.79. The van der Waals surface area contributed by atoms with Crippen molar-refractivity contribution < 1.29 is 0 Å². The fourth-order valence-electron chi connectivity index (χ4n) is 0.669. The molecule has 0 saturated heterocycles. The molecule has 0 rings (SSSR count). The van der Waals surface area contributed by atoms with Gasteiger partial charge in [0.25, 0.3) is 0 Å². The molecule has 0 aromatic heterocycles. The summed E-state index contributed by atoms with van der Waals surface area (Å²) in [7, 11) is 1.60. The van der Waals surface area contributed by atoms with Gasteiger partial charge in [0, 0.05) is 12.8 Å². The Hall–Kier alpha value is -1.35. The van der Waals surface area contributed by atoms with Gasteiger partial charge in [-0.1, -0.05) is 6.92 Å². The normalized spacial score (nSPS) is 10.7. The molecular formula is C7H9N3. The van der Waals surface area contributed by atoms with Gasteiger partial charge in [0.15, 0.2) is 5.92 Å². The average molecular weight is 135 g/mol. The maximum atomic E-state index is 8.41. The van der Waals surface area contributed by atoms with Crippen LogP contribution in [0.25, 0.3) is 0 Å². The molecule has 0 aliphatic carbocycles.